The molecule has 2 amide bonds. The molecule has 94 valence electrons. The van der Waals surface area contributed by atoms with E-state index in [2.05, 4.69) is 42.5 Å². The Morgan fingerprint density at radius 1 is 1.47 bits per heavy atom. The Morgan fingerprint density at radius 3 is 2.59 bits per heavy atom. The summed E-state index contributed by atoms with van der Waals surface area (Å²) in [5.74, 6) is -0.435. The van der Waals surface area contributed by atoms with Crippen molar-refractivity contribution in [1.82, 2.24) is 10.6 Å². The third kappa shape index (κ3) is 4.08. The number of hydrogen-bond acceptors (Lipinski definition) is 3. The normalized spacial score (nSPS) is 12.0. The summed E-state index contributed by atoms with van der Waals surface area (Å²) in [5, 5.41) is 5.29. The van der Waals surface area contributed by atoms with E-state index >= 15 is 0 Å². The van der Waals surface area contributed by atoms with Gasteiger partial charge in [-0.1, -0.05) is 0 Å². The SMILES string of the molecule is CCNC(=O)C(C)NC(=O)c1cc(Br)c(Br)s1. The van der Waals surface area contributed by atoms with Gasteiger partial charge in [-0.3, -0.25) is 9.59 Å². The molecule has 0 saturated carbocycles. The number of rotatable bonds is 4. The number of carbonyl (C=O) groups is 2. The van der Waals surface area contributed by atoms with Crippen LogP contribution >= 0.6 is 43.2 Å². The van der Waals surface area contributed by atoms with Crippen LogP contribution in [0.3, 0.4) is 0 Å². The van der Waals surface area contributed by atoms with Gasteiger partial charge in [-0.05, 0) is 51.8 Å². The Morgan fingerprint density at radius 2 is 2.12 bits per heavy atom. The van der Waals surface area contributed by atoms with Gasteiger partial charge in [0, 0.05) is 11.0 Å². The van der Waals surface area contributed by atoms with Gasteiger partial charge < -0.3 is 10.6 Å². The summed E-state index contributed by atoms with van der Waals surface area (Å²) in [6.45, 7) is 4.04. The predicted molar refractivity (Wildman–Crippen MR) is 75.3 cm³/mol. The minimum Gasteiger partial charge on any atom is -0.355 e. The van der Waals surface area contributed by atoms with E-state index in [-0.39, 0.29) is 11.8 Å². The minimum atomic E-state index is -0.540. The molecule has 1 rings (SSSR count). The number of nitrogens with one attached hydrogen (secondary N) is 2. The second-order valence-electron chi connectivity index (χ2n) is 3.32. The number of amides is 2. The molecule has 0 aliphatic carbocycles. The zero-order chi connectivity index (χ0) is 13.0. The third-order valence-electron chi connectivity index (χ3n) is 1.96. The Kier molecular flexibility index (Phi) is 5.61. The van der Waals surface area contributed by atoms with E-state index in [4.69, 9.17) is 0 Å². The first-order chi connectivity index (χ1) is 7.95. The van der Waals surface area contributed by atoms with Crippen molar-refractivity contribution in [2.75, 3.05) is 6.54 Å². The van der Waals surface area contributed by atoms with Crippen molar-refractivity contribution in [3.8, 4) is 0 Å². The van der Waals surface area contributed by atoms with Gasteiger partial charge in [0.25, 0.3) is 5.91 Å². The van der Waals surface area contributed by atoms with Crippen LogP contribution in [0, 0.1) is 0 Å². The van der Waals surface area contributed by atoms with Gasteiger partial charge in [0.15, 0.2) is 0 Å². The van der Waals surface area contributed by atoms with Crippen molar-refractivity contribution in [2.24, 2.45) is 0 Å². The average Bonchev–Trinajstić information content (AvgIpc) is 2.59. The maximum atomic E-state index is 11.8. The lowest BCUT2D eigenvalue weighted by molar-refractivity contribution is -0.122. The van der Waals surface area contributed by atoms with Crippen LogP contribution in [0.15, 0.2) is 14.3 Å². The summed E-state index contributed by atoms with van der Waals surface area (Å²) in [5.41, 5.74) is 0. The Balaban J connectivity index is 2.63. The van der Waals surface area contributed by atoms with Crippen LogP contribution < -0.4 is 10.6 Å². The van der Waals surface area contributed by atoms with Crippen LogP contribution in [0.4, 0.5) is 0 Å². The van der Waals surface area contributed by atoms with E-state index in [0.29, 0.717) is 11.4 Å². The van der Waals surface area contributed by atoms with Crippen LogP contribution in [0.1, 0.15) is 23.5 Å². The van der Waals surface area contributed by atoms with Crippen molar-refractivity contribution in [3.63, 3.8) is 0 Å². The van der Waals surface area contributed by atoms with Gasteiger partial charge in [-0.2, -0.15) is 0 Å². The second kappa shape index (κ2) is 6.51. The molecule has 1 aromatic rings. The zero-order valence-electron chi connectivity index (χ0n) is 9.34. The molecular weight excluding hydrogens is 372 g/mol. The Bertz CT molecular complexity index is 414. The lowest BCUT2D eigenvalue weighted by Crippen LogP contribution is -2.44. The molecule has 4 nitrogen and oxygen atoms in total. The van der Waals surface area contributed by atoms with Crippen LogP contribution in [0.5, 0.6) is 0 Å². The van der Waals surface area contributed by atoms with E-state index in [0.717, 1.165) is 8.26 Å². The van der Waals surface area contributed by atoms with Crippen LogP contribution in [-0.4, -0.2) is 24.4 Å². The third-order valence-corrected chi connectivity index (χ3v) is 5.22. The molecule has 0 saturated heterocycles. The molecule has 0 bridgehead atoms. The molecule has 1 aromatic heterocycles. The minimum absolute atomic E-state index is 0.185. The average molecular weight is 384 g/mol. The molecule has 0 aliphatic heterocycles. The molecule has 7 heteroatoms. The molecule has 2 N–H and O–H groups in total. The van der Waals surface area contributed by atoms with E-state index < -0.39 is 6.04 Å². The summed E-state index contributed by atoms with van der Waals surface area (Å²) in [6.07, 6.45) is 0. The molecule has 0 aliphatic rings. The molecule has 0 spiro atoms. The highest BCUT2D eigenvalue weighted by Crippen LogP contribution is 2.32. The zero-order valence-corrected chi connectivity index (χ0v) is 13.3. The van der Waals surface area contributed by atoms with Crippen molar-refractivity contribution in [3.05, 3.63) is 19.2 Å². The van der Waals surface area contributed by atoms with Crippen molar-refractivity contribution >= 4 is 55.0 Å². The number of likely N-dealkylation sites (N-methyl/N-ethyl adjacent to an activating group) is 1. The monoisotopic (exact) mass is 382 g/mol. The van der Waals surface area contributed by atoms with Crippen molar-refractivity contribution in [1.29, 1.82) is 0 Å². The maximum Gasteiger partial charge on any atom is 0.262 e. The fourth-order valence-corrected chi connectivity index (χ4v) is 3.06. The fraction of sp³-hybridized carbons (Fsp3) is 0.400. The Labute approximate surface area is 120 Å². The van der Waals surface area contributed by atoms with E-state index in [1.165, 1.54) is 11.3 Å². The quantitative estimate of drug-likeness (QED) is 0.839. The number of hydrogen-bond donors (Lipinski definition) is 2. The number of thiophene rings is 1. The summed E-state index contributed by atoms with van der Waals surface area (Å²) >= 11 is 7.94. The number of carbonyl (C=O) groups excluding carboxylic acids is 2. The molecule has 1 unspecified atom stereocenters. The maximum absolute atomic E-state index is 11.8. The molecule has 0 fully saturated rings. The molecular formula is C10H12Br2N2O2S. The van der Waals surface area contributed by atoms with Crippen LogP contribution in [0.25, 0.3) is 0 Å². The first-order valence-electron chi connectivity index (χ1n) is 4.99. The largest absolute Gasteiger partial charge is 0.355 e. The standard InChI is InChI=1S/C10H12Br2N2O2S/c1-3-13-9(15)5(2)14-10(16)7-4-6(11)8(12)17-7/h4-5H,3H2,1-2H3,(H,13,15)(H,14,16). The highest BCUT2D eigenvalue weighted by Gasteiger charge is 2.18. The van der Waals surface area contributed by atoms with Gasteiger partial charge in [0.05, 0.1) is 8.66 Å². The highest BCUT2D eigenvalue weighted by atomic mass is 79.9. The van der Waals surface area contributed by atoms with Gasteiger partial charge in [0.2, 0.25) is 5.91 Å². The summed E-state index contributed by atoms with van der Waals surface area (Å²) in [7, 11) is 0. The van der Waals surface area contributed by atoms with Crippen molar-refractivity contribution in [2.45, 2.75) is 19.9 Å². The summed E-state index contributed by atoms with van der Waals surface area (Å²) < 4.78 is 1.69. The van der Waals surface area contributed by atoms with Crippen LogP contribution in [0.2, 0.25) is 0 Å². The first-order valence-corrected chi connectivity index (χ1v) is 7.39. The van der Waals surface area contributed by atoms with Gasteiger partial charge >= 0.3 is 0 Å². The molecule has 17 heavy (non-hydrogen) atoms. The summed E-state index contributed by atoms with van der Waals surface area (Å²) in [6, 6.07) is 1.18. The van der Waals surface area contributed by atoms with Crippen molar-refractivity contribution < 1.29 is 9.59 Å². The fourth-order valence-electron chi connectivity index (χ4n) is 1.12. The van der Waals surface area contributed by atoms with Gasteiger partial charge in [0.1, 0.15) is 6.04 Å². The van der Waals surface area contributed by atoms with E-state index in [1.54, 1.807) is 13.0 Å². The van der Waals surface area contributed by atoms with E-state index in [1.807, 2.05) is 6.92 Å². The lowest BCUT2D eigenvalue weighted by atomic mass is 10.3. The lowest BCUT2D eigenvalue weighted by Gasteiger charge is -2.12. The van der Waals surface area contributed by atoms with Gasteiger partial charge in [-0.25, -0.2) is 0 Å². The molecule has 1 heterocycles. The summed E-state index contributed by atoms with van der Waals surface area (Å²) in [4.78, 5) is 23.8. The predicted octanol–water partition coefficient (Wildman–Crippen LogP) is 2.53. The Hall–Kier alpha value is -0.400. The molecule has 0 radical (unpaired) electrons. The molecule has 0 aromatic carbocycles. The number of halogens is 2. The topological polar surface area (TPSA) is 58.2 Å². The highest BCUT2D eigenvalue weighted by molar-refractivity contribution is 9.13. The smallest absolute Gasteiger partial charge is 0.262 e. The first kappa shape index (κ1) is 14.7. The van der Waals surface area contributed by atoms with Gasteiger partial charge in [-0.15, -0.1) is 11.3 Å². The van der Waals surface area contributed by atoms with Crippen LogP contribution in [-0.2, 0) is 4.79 Å². The molecule has 1 atom stereocenters. The second-order valence-corrected chi connectivity index (χ2v) is 6.55. The van der Waals surface area contributed by atoms with E-state index in [9.17, 15) is 9.59 Å².